The molecule has 1 aliphatic heterocycles. The van der Waals surface area contributed by atoms with E-state index in [9.17, 15) is 14.7 Å². The fourth-order valence-corrected chi connectivity index (χ4v) is 5.92. The zero-order valence-corrected chi connectivity index (χ0v) is 26.0. The zero-order valence-electron chi connectivity index (χ0n) is 24.5. The van der Waals surface area contributed by atoms with Gasteiger partial charge in [0.2, 0.25) is 0 Å². The average Bonchev–Trinajstić information content (AvgIpc) is 3.35. The molecule has 4 aromatic rings. The number of anilines is 2. The predicted molar refractivity (Wildman–Crippen MR) is 170 cm³/mol. The van der Waals surface area contributed by atoms with Crippen LogP contribution in [-0.2, 0) is 0 Å². The van der Waals surface area contributed by atoms with Crippen LogP contribution < -0.4 is 20.3 Å². The number of carbonyl (C=O) groups is 2. The molecule has 0 radical (unpaired) electrons. The fraction of sp³-hybridized carbons (Fsp3) is 0.281. The minimum atomic E-state index is -0.594. The number of fused-ring (bicyclic) bond motifs is 1. The maximum Gasteiger partial charge on any atom is 0.328 e. The van der Waals surface area contributed by atoms with Gasteiger partial charge in [-0.05, 0) is 86.8 Å². The maximum absolute atomic E-state index is 14.0. The maximum atomic E-state index is 14.0. The van der Waals surface area contributed by atoms with Crippen LogP contribution in [0.5, 0.6) is 5.75 Å². The molecule has 0 bridgehead atoms. The van der Waals surface area contributed by atoms with Gasteiger partial charge in [0.15, 0.2) is 5.82 Å². The molecule has 0 aliphatic carbocycles. The van der Waals surface area contributed by atoms with Crippen molar-refractivity contribution in [2.24, 2.45) is 0 Å². The molecule has 3 N–H and O–H groups in total. The standard InChI is InChI=1S/C32H33Cl2N5O4/c1-17(2)38-28-27(23-10-9-21(33)14-19(23)4)39(25-16-22(34)8-6-18(25)3)32(42)37-29(28)36-30(38)24-15-20(7-11-26(24)43-5)31(41)35-12-13-40/h6-11,14-17,27,40H,12-13H2,1-5H3,(H,35,41)(H,37,42). The summed E-state index contributed by atoms with van der Waals surface area (Å²) in [6, 6.07) is 15.1. The van der Waals surface area contributed by atoms with E-state index in [0.29, 0.717) is 44.3 Å². The van der Waals surface area contributed by atoms with Crippen molar-refractivity contribution in [1.29, 1.82) is 0 Å². The number of rotatable bonds is 8. The number of aryl methyl sites for hydroxylation is 2. The number of aromatic nitrogens is 2. The van der Waals surface area contributed by atoms with Crippen molar-refractivity contribution in [3.8, 4) is 17.1 Å². The van der Waals surface area contributed by atoms with Gasteiger partial charge in [-0.2, -0.15) is 0 Å². The molecular formula is C32H33Cl2N5O4. The van der Waals surface area contributed by atoms with Crippen molar-refractivity contribution in [2.75, 3.05) is 30.5 Å². The van der Waals surface area contributed by atoms with Gasteiger partial charge in [-0.25, -0.2) is 9.78 Å². The normalized spacial score (nSPS) is 14.5. The van der Waals surface area contributed by atoms with Crippen LogP contribution in [0.1, 0.15) is 58.7 Å². The van der Waals surface area contributed by atoms with E-state index in [0.717, 1.165) is 22.4 Å². The van der Waals surface area contributed by atoms with Crippen molar-refractivity contribution in [1.82, 2.24) is 14.9 Å². The molecule has 1 aliphatic rings. The van der Waals surface area contributed by atoms with Gasteiger partial charge in [0.1, 0.15) is 17.6 Å². The highest BCUT2D eigenvalue weighted by Crippen LogP contribution is 2.46. The number of carbonyl (C=O) groups excluding carboxylic acids is 2. The molecule has 0 saturated heterocycles. The molecule has 1 aromatic heterocycles. The van der Waals surface area contributed by atoms with E-state index in [1.807, 2.05) is 52.0 Å². The van der Waals surface area contributed by atoms with E-state index in [2.05, 4.69) is 15.2 Å². The van der Waals surface area contributed by atoms with E-state index in [1.54, 1.807) is 42.3 Å². The van der Waals surface area contributed by atoms with Crippen molar-refractivity contribution in [3.63, 3.8) is 0 Å². The van der Waals surface area contributed by atoms with E-state index >= 15 is 0 Å². The van der Waals surface area contributed by atoms with Gasteiger partial charge in [0.05, 0.1) is 30.7 Å². The lowest BCUT2D eigenvalue weighted by Gasteiger charge is -2.38. The predicted octanol–water partition coefficient (Wildman–Crippen LogP) is 6.93. The zero-order chi connectivity index (χ0) is 31.0. The first-order valence-corrected chi connectivity index (χ1v) is 14.6. The number of aliphatic hydroxyl groups is 1. The Kier molecular flexibility index (Phi) is 8.69. The molecule has 43 heavy (non-hydrogen) atoms. The van der Waals surface area contributed by atoms with Crippen LogP contribution in [0.2, 0.25) is 10.0 Å². The number of benzene rings is 3. The number of amides is 3. The van der Waals surface area contributed by atoms with Crippen LogP contribution in [0.25, 0.3) is 11.4 Å². The Morgan fingerprint density at radius 3 is 2.47 bits per heavy atom. The van der Waals surface area contributed by atoms with Gasteiger partial charge in [0.25, 0.3) is 5.91 Å². The van der Waals surface area contributed by atoms with Crippen LogP contribution in [0.15, 0.2) is 54.6 Å². The number of hydrogen-bond donors (Lipinski definition) is 3. The summed E-state index contributed by atoms with van der Waals surface area (Å²) >= 11 is 12.8. The minimum Gasteiger partial charge on any atom is -0.496 e. The summed E-state index contributed by atoms with van der Waals surface area (Å²) in [6.07, 6.45) is 0. The molecule has 2 heterocycles. The largest absolute Gasteiger partial charge is 0.496 e. The molecule has 9 nitrogen and oxygen atoms in total. The molecule has 0 saturated carbocycles. The number of nitrogens with zero attached hydrogens (tertiary/aromatic N) is 3. The SMILES string of the molecule is COc1ccc(C(=O)NCCO)cc1-c1nc2c(n1C(C)C)C(c1ccc(Cl)cc1C)N(c1cc(Cl)ccc1C)C(=O)N2. The van der Waals surface area contributed by atoms with E-state index < -0.39 is 6.04 Å². The van der Waals surface area contributed by atoms with Gasteiger partial charge in [-0.15, -0.1) is 0 Å². The first-order valence-electron chi connectivity index (χ1n) is 13.9. The molecule has 1 atom stereocenters. The van der Waals surface area contributed by atoms with Crippen LogP contribution in [0.4, 0.5) is 16.3 Å². The second-order valence-electron chi connectivity index (χ2n) is 10.7. The van der Waals surface area contributed by atoms with Crippen molar-refractivity contribution in [3.05, 3.63) is 92.6 Å². The number of ether oxygens (including phenoxy) is 1. The third-order valence-corrected chi connectivity index (χ3v) is 7.95. The molecule has 0 spiro atoms. The second kappa shape index (κ2) is 12.3. The van der Waals surface area contributed by atoms with Gasteiger partial charge in [-0.3, -0.25) is 15.0 Å². The summed E-state index contributed by atoms with van der Waals surface area (Å²) in [5, 5.41) is 16.0. The Labute approximate surface area is 260 Å². The third-order valence-electron chi connectivity index (χ3n) is 7.48. The highest BCUT2D eigenvalue weighted by atomic mass is 35.5. The van der Waals surface area contributed by atoms with Crippen molar-refractivity contribution < 1.29 is 19.4 Å². The summed E-state index contributed by atoms with van der Waals surface area (Å²) in [4.78, 5) is 33.5. The highest BCUT2D eigenvalue weighted by molar-refractivity contribution is 6.31. The Hall–Kier alpha value is -4.05. The first-order chi connectivity index (χ1) is 20.5. The minimum absolute atomic E-state index is 0.116. The average molecular weight is 623 g/mol. The second-order valence-corrected chi connectivity index (χ2v) is 11.5. The van der Waals surface area contributed by atoms with Crippen LogP contribution in [-0.4, -0.2) is 46.9 Å². The molecule has 1 unspecified atom stereocenters. The quantitative estimate of drug-likeness (QED) is 0.198. The number of hydrogen-bond acceptors (Lipinski definition) is 5. The number of halogens is 2. The Morgan fingerprint density at radius 2 is 1.79 bits per heavy atom. The van der Waals surface area contributed by atoms with Crippen LogP contribution in [0, 0.1) is 13.8 Å². The smallest absolute Gasteiger partial charge is 0.328 e. The highest BCUT2D eigenvalue weighted by Gasteiger charge is 2.41. The van der Waals surface area contributed by atoms with Gasteiger partial charge in [-0.1, -0.05) is 35.3 Å². The lowest BCUT2D eigenvalue weighted by atomic mass is 9.94. The van der Waals surface area contributed by atoms with Gasteiger partial charge in [0, 0.05) is 28.2 Å². The summed E-state index contributed by atoms with van der Waals surface area (Å²) in [5.41, 5.74) is 5.02. The molecule has 0 fully saturated rings. The molecule has 224 valence electrons. The van der Waals surface area contributed by atoms with E-state index in [-0.39, 0.29) is 31.1 Å². The summed E-state index contributed by atoms with van der Waals surface area (Å²) in [6.45, 7) is 7.92. The summed E-state index contributed by atoms with van der Waals surface area (Å²) in [5.74, 6) is 1.10. The Morgan fingerprint density at radius 1 is 1.07 bits per heavy atom. The molecule has 3 aromatic carbocycles. The number of imidazole rings is 1. The number of urea groups is 1. The monoisotopic (exact) mass is 621 g/mol. The van der Waals surface area contributed by atoms with Crippen molar-refractivity contribution >= 4 is 46.6 Å². The number of nitrogens with one attached hydrogen (secondary N) is 2. The Bertz CT molecular complexity index is 1720. The summed E-state index contributed by atoms with van der Waals surface area (Å²) in [7, 11) is 1.55. The Balaban J connectivity index is 1.80. The summed E-state index contributed by atoms with van der Waals surface area (Å²) < 4.78 is 7.78. The van der Waals surface area contributed by atoms with Crippen LogP contribution in [0.3, 0.4) is 0 Å². The lowest BCUT2D eigenvalue weighted by molar-refractivity contribution is 0.0944. The molecule has 3 amide bonds. The first kappa shape index (κ1) is 30.4. The number of methoxy groups -OCH3 is 1. The molecular weight excluding hydrogens is 589 g/mol. The molecule has 11 heteroatoms. The van der Waals surface area contributed by atoms with E-state index in [1.165, 1.54) is 0 Å². The topological polar surface area (TPSA) is 109 Å². The third kappa shape index (κ3) is 5.68. The van der Waals surface area contributed by atoms with Crippen molar-refractivity contribution in [2.45, 2.75) is 39.8 Å². The van der Waals surface area contributed by atoms with Gasteiger partial charge >= 0.3 is 6.03 Å². The number of aliphatic hydroxyl groups excluding tert-OH is 1. The van der Waals surface area contributed by atoms with Gasteiger partial charge < -0.3 is 19.7 Å². The van der Waals surface area contributed by atoms with Crippen LogP contribution >= 0.6 is 23.2 Å². The molecule has 5 rings (SSSR count). The van der Waals surface area contributed by atoms with E-state index in [4.69, 9.17) is 32.9 Å². The lowest BCUT2D eigenvalue weighted by Crippen LogP contribution is -2.44. The fourth-order valence-electron chi connectivity index (χ4n) is 5.53.